The quantitative estimate of drug-likeness (QED) is 0.569. The SMILES string of the molecule is CCOc1ccccc1N1CC(C(=O)Nc2c(C)cccc2-c2nc(C(C)C)no2)CC1=O. The number of amides is 2. The first-order valence-electron chi connectivity index (χ1n) is 11.2. The van der Waals surface area contributed by atoms with Gasteiger partial charge in [0.1, 0.15) is 5.75 Å². The van der Waals surface area contributed by atoms with Gasteiger partial charge in [-0.3, -0.25) is 9.59 Å². The zero-order valence-corrected chi connectivity index (χ0v) is 19.3. The molecule has 33 heavy (non-hydrogen) atoms. The number of aryl methyl sites for hydroxylation is 1. The topological polar surface area (TPSA) is 97.6 Å². The second-order valence-electron chi connectivity index (χ2n) is 8.41. The molecule has 0 saturated carbocycles. The van der Waals surface area contributed by atoms with Gasteiger partial charge >= 0.3 is 0 Å². The molecule has 2 aromatic carbocycles. The molecule has 8 nitrogen and oxygen atoms in total. The van der Waals surface area contributed by atoms with Crippen LogP contribution in [0.5, 0.6) is 5.75 Å². The smallest absolute Gasteiger partial charge is 0.260 e. The lowest BCUT2D eigenvalue weighted by molar-refractivity contribution is -0.122. The van der Waals surface area contributed by atoms with Gasteiger partial charge in [-0.25, -0.2) is 0 Å². The van der Waals surface area contributed by atoms with Crippen LogP contribution in [-0.4, -0.2) is 35.1 Å². The summed E-state index contributed by atoms with van der Waals surface area (Å²) in [6, 6.07) is 13.0. The summed E-state index contributed by atoms with van der Waals surface area (Å²) in [7, 11) is 0. The number of hydrogen-bond donors (Lipinski definition) is 1. The molecule has 2 amide bonds. The summed E-state index contributed by atoms with van der Waals surface area (Å²) in [5, 5.41) is 7.05. The minimum atomic E-state index is -0.492. The summed E-state index contributed by atoms with van der Waals surface area (Å²) in [4.78, 5) is 32.1. The molecule has 4 rings (SSSR count). The number of nitrogens with one attached hydrogen (secondary N) is 1. The fourth-order valence-electron chi connectivity index (χ4n) is 3.89. The first kappa shape index (κ1) is 22.5. The Bertz CT molecular complexity index is 1170. The highest BCUT2D eigenvalue weighted by molar-refractivity contribution is 6.05. The summed E-state index contributed by atoms with van der Waals surface area (Å²) in [5.74, 6) is 0.896. The first-order valence-corrected chi connectivity index (χ1v) is 11.2. The average molecular weight is 449 g/mol. The van der Waals surface area contributed by atoms with Gasteiger partial charge in [0.05, 0.1) is 29.5 Å². The fourth-order valence-corrected chi connectivity index (χ4v) is 3.89. The molecule has 0 aliphatic carbocycles. The molecule has 1 aromatic heterocycles. The lowest BCUT2D eigenvalue weighted by atomic mass is 10.0. The standard InChI is InChI=1S/C25H28N4O4/c1-5-32-20-12-7-6-11-19(20)29-14-17(13-21(29)30)24(31)26-22-16(4)9-8-10-18(22)25-27-23(15(2)3)28-33-25/h6-12,15,17H,5,13-14H2,1-4H3,(H,26,31). The number of para-hydroxylation sites is 3. The highest BCUT2D eigenvalue weighted by Crippen LogP contribution is 2.35. The Balaban J connectivity index is 1.56. The van der Waals surface area contributed by atoms with Crippen LogP contribution in [-0.2, 0) is 9.59 Å². The van der Waals surface area contributed by atoms with Crippen LogP contribution in [0.4, 0.5) is 11.4 Å². The third-order valence-corrected chi connectivity index (χ3v) is 5.66. The molecule has 1 aliphatic rings. The maximum atomic E-state index is 13.2. The number of hydrogen-bond acceptors (Lipinski definition) is 6. The highest BCUT2D eigenvalue weighted by Gasteiger charge is 2.36. The van der Waals surface area contributed by atoms with Crippen LogP contribution in [0.15, 0.2) is 47.0 Å². The Morgan fingerprint density at radius 1 is 1.24 bits per heavy atom. The number of rotatable bonds is 7. The molecular formula is C25H28N4O4. The molecule has 1 unspecified atom stereocenters. The molecule has 1 atom stereocenters. The van der Waals surface area contributed by atoms with E-state index in [-0.39, 0.29) is 30.7 Å². The number of benzene rings is 2. The molecule has 172 valence electrons. The van der Waals surface area contributed by atoms with Gasteiger partial charge in [-0.1, -0.05) is 43.3 Å². The van der Waals surface area contributed by atoms with E-state index in [4.69, 9.17) is 9.26 Å². The number of aromatic nitrogens is 2. The number of anilines is 2. The number of nitrogens with zero attached hydrogens (tertiary/aromatic N) is 3. The van der Waals surface area contributed by atoms with E-state index >= 15 is 0 Å². The minimum Gasteiger partial charge on any atom is -0.492 e. The van der Waals surface area contributed by atoms with Crippen LogP contribution in [0.25, 0.3) is 11.5 Å². The van der Waals surface area contributed by atoms with E-state index in [2.05, 4.69) is 15.5 Å². The van der Waals surface area contributed by atoms with Crippen LogP contribution in [0.1, 0.15) is 44.5 Å². The molecule has 0 radical (unpaired) electrons. The summed E-state index contributed by atoms with van der Waals surface area (Å²) < 4.78 is 11.1. The number of carbonyl (C=O) groups excluding carboxylic acids is 2. The minimum absolute atomic E-state index is 0.106. The van der Waals surface area contributed by atoms with Gasteiger partial charge < -0.3 is 19.5 Å². The fraction of sp³-hybridized carbons (Fsp3) is 0.360. The third-order valence-electron chi connectivity index (χ3n) is 5.66. The molecule has 1 aliphatic heterocycles. The zero-order valence-electron chi connectivity index (χ0n) is 19.3. The van der Waals surface area contributed by atoms with Crippen molar-refractivity contribution in [1.29, 1.82) is 0 Å². The van der Waals surface area contributed by atoms with E-state index < -0.39 is 5.92 Å². The molecule has 1 N–H and O–H groups in total. The summed E-state index contributed by atoms with van der Waals surface area (Å²) >= 11 is 0. The molecule has 3 aromatic rings. The second-order valence-corrected chi connectivity index (χ2v) is 8.41. The van der Waals surface area contributed by atoms with Crippen molar-refractivity contribution in [1.82, 2.24) is 10.1 Å². The van der Waals surface area contributed by atoms with Gasteiger partial charge in [-0.05, 0) is 37.6 Å². The van der Waals surface area contributed by atoms with E-state index in [1.807, 2.05) is 70.2 Å². The Morgan fingerprint density at radius 2 is 2.03 bits per heavy atom. The Kier molecular flexibility index (Phi) is 6.44. The van der Waals surface area contributed by atoms with Crippen molar-refractivity contribution in [3.8, 4) is 17.2 Å². The van der Waals surface area contributed by atoms with Crippen molar-refractivity contribution in [2.45, 2.75) is 40.0 Å². The maximum Gasteiger partial charge on any atom is 0.260 e. The van der Waals surface area contributed by atoms with Crippen molar-refractivity contribution in [3.05, 3.63) is 53.9 Å². The average Bonchev–Trinajstić information content (AvgIpc) is 3.43. The van der Waals surface area contributed by atoms with Crippen molar-refractivity contribution in [3.63, 3.8) is 0 Å². The number of carbonyl (C=O) groups is 2. The number of ether oxygens (including phenoxy) is 1. The van der Waals surface area contributed by atoms with Gasteiger partial charge in [0.2, 0.25) is 11.8 Å². The summed E-state index contributed by atoms with van der Waals surface area (Å²) in [5.41, 5.74) is 2.82. The van der Waals surface area contributed by atoms with Crippen molar-refractivity contribution in [2.75, 3.05) is 23.4 Å². The molecule has 2 heterocycles. The van der Waals surface area contributed by atoms with E-state index in [0.29, 0.717) is 41.0 Å². The van der Waals surface area contributed by atoms with E-state index in [1.165, 1.54) is 0 Å². The summed E-state index contributed by atoms with van der Waals surface area (Å²) in [6.45, 7) is 8.55. The molecule has 1 fully saturated rings. The Hall–Kier alpha value is -3.68. The summed E-state index contributed by atoms with van der Waals surface area (Å²) in [6.07, 6.45) is 0.131. The van der Waals surface area contributed by atoms with E-state index in [1.54, 1.807) is 4.90 Å². The van der Waals surface area contributed by atoms with Gasteiger partial charge in [0.15, 0.2) is 5.82 Å². The van der Waals surface area contributed by atoms with Crippen LogP contribution in [0.2, 0.25) is 0 Å². The molecular weight excluding hydrogens is 420 g/mol. The van der Waals surface area contributed by atoms with E-state index in [0.717, 1.165) is 5.56 Å². The van der Waals surface area contributed by atoms with Gasteiger partial charge in [-0.2, -0.15) is 4.98 Å². The lowest BCUT2D eigenvalue weighted by Gasteiger charge is -2.20. The van der Waals surface area contributed by atoms with Gasteiger partial charge in [0.25, 0.3) is 5.89 Å². The maximum absolute atomic E-state index is 13.2. The predicted molar refractivity (Wildman–Crippen MR) is 125 cm³/mol. The van der Waals surface area contributed by atoms with Gasteiger partial charge in [0, 0.05) is 18.9 Å². The highest BCUT2D eigenvalue weighted by atomic mass is 16.5. The third kappa shape index (κ3) is 4.60. The zero-order chi connectivity index (χ0) is 23.5. The van der Waals surface area contributed by atoms with Crippen LogP contribution in [0, 0.1) is 12.8 Å². The first-order chi connectivity index (χ1) is 15.9. The van der Waals surface area contributed by atoms with Crippen molar-refractivity contribution >= 4 is 23.2 Å². The molecule has 1 saturated heterocycles. The Labute approximate surface area is 192 Å². The van der Waals surface area contributed by atoms with Crippen LogP contribution >= 0.6 is 0 Å². The van der Waals surface area contributed by atoms with Crippen LogP contribution < -0.4 is 15.0 Å². The normalized spacial score (nSPS) is 15.8. The predicted octanol–water partition coefficient (Wildman–Crippen LogP) is 4.56. The molecule has 8 heteroatoms. The van der Waals surface area contributed by atoms with Crippen molar-refractivity contribution < 1.29 is 18.8 Å². The van der Waals surface area contributed by atoms with Crippen molar-refractivity contribution in [2.24, 2.45) is 5.92 Å². The van der Waals surface area contributed by atoms with Gasteiger partial charge in [-0.15, -0.1) is 0 Å². The second kappa shape index (κ2) is 9.44. The molecule has 0 bridgehead atoms. The largest absolute Gasteiger partial charge is 0.492 e. The monoisotopic (exact) mass is 448 g/mol. The van der Waals surface area contributed by atoms with Crippen LogP contribution in [0.3, 0.4) is 0 Å². The Morgan fingerprint density at radius 3 is 2.76 bits per heavy atom. The lowest BCUT2D eigenvalue weighted by Crippen LogP contribution is -2.28. The van der Waals surface area contributed by atoms with E-state index in [9.17, 15) is 9.59 Å². The molecule has 0 spiro atoms.